The van der Waals surface area contributed by atoms with Crippen LogP contribution >= 0.6 is 23.1 Å². The Bertz CT molecular complexity index is 1120. The Morgan fingerprint density at radius 1 is 1.07 bits per heavy atom. The number of benzene rings is 2. The van der Waals surface area contributed by atoms with Crippen LogP contribution in [0.5, 0.6) is 0 Å². The molecule has 1 unspecified atom stereocenters. The van der Waals surface area contributed by atoms with Gasteiger partial charge in [-0.3, -0.25) is 4.79 Å². The van der Waals surface area contributed by atoms with Crippen LogP contribution in [-0.2, 0) is 4.79 Å². The molecule has 6 heteroatoms. The third-order valence-corrected chi connectivity index (χ3v) is 6.39. The largest absolute Gasteiger partial charge is 0.301 e. The van der Waals surface area contributed by atoms with E-state index in [0.717, 1.165) is 31.7 Å². The number of rotatable bonds is 4. The van der Waals surface area contributed by atoms with Crippen LogP contribution in [0.4, 0.5) is 5.13 Å². The van der Waals surface area contributed by atoms with Gasteiger partial charge in [0, 0.05) is 5.39 Å². The second-order valence-electron chi connectivity index (χ2n) is 6.48. The molecule has 1 N–H and O–H groups in total. The van der Waals surface area contributed by atoms with Crippen LogP contribution < -0.4 is 5.32 Å². The minimum absolute atomic E-state index is 0.0663. The van der Waals surface area contributed by atoms with E-state index in [0.29, 0.717) is 5.13 Å². The van der Waals surface area contributed by atoms with Crippen molar-refractivity contribution in [1.82, 2.24) is 9.97 Å². The molecule has 136 valence electrons. The fourth-order valence-corrected chi connectivity index (χ4v) is 4.74. The topological polar surface area (TPSA) is 54.9 Å². The molecule has 1 atom stereocenters. The van der Waals surface area contributed by atoms with Crippen LogP contribution in [0.3, 0.4) is 0 Å². The average molecular weight is 394 g/mol. The van der Waals surface area contributed by atoms with Crippen molar-refractivity contribution in [1.29, 1.82) is 0 Å². The van der Waals surface area contributed by atoms with Crippen molar-refractivity contribution in [3.63, 3.8) is 0 Å². The average Bonchev–Trinajstić information content (AvgIpc) is 3.05. The van der Waals surface area contributed by atoms with Crippen LogP contribution in [0.25, 0.3) is 21.1 Å². The van der Waals surface area contributed by atoms with Crippen molar-refractivity contribution in [3.05, 3.63) is 59.7 Å². The Morgan fingerprint density at radius 3 is 2.70 bits per heavy atom. The number of nitrogens with zero attached hydrogens (tertiary/aromatic N) is 2. The number of para-hydroxylation sites is 2. The van der Waals surface area contributed by atoms with Crippen molar-refractivity contribution in [2.45, 2.75) is 31.0 Å². The van der Waals surface area contributed by atoms with E-state index < -0.39 is 0 Å². The van der Waals surface area contributed by atoms with E-state index in [1.165, 1.54) is 28.7 Å². The molecule has 4 aromatic rings. The van der Waals surface area contributed by atoms with Gasteiger partial charge in [0.1, 0.15) is 0 Å². The van der Waals surface area contributed by atoms with Crippen LogP contribution in [-0.4, -0.2) is 21.1 Å². The lowest BCUT2D eigenvalue weighted by atomic mass is 10.1. The smallest absolute Gasteiger partial charge is 0.239 e. The van der Waals surface area contributed by atoms with E-state index in [-0.39, 0.29) is 11.2 Å². The predicted octanol–water partition coefficient (Wildman–Crippen LogP) is 5.58. The quantitative estimate of drug-likeness (QED) is 0.460. The minimum atomic E-state index is -0.273. The number of carbonyl (C=O) groups is 1. The highest BCUT2D eigenvalue weighted by Gasteiger charge is 2.18. The molecule has 0 radical (unpaired) electrons. The number of aryl methyl sites for hydroxylation is 2. The van der Waals surface area contributed by atoms with Gasteiger partial charge in [-0.2, -0.15) is 0 Å². The summed E-state index contributed by atoms with van der Waals surface area (Å²) in [6, 6.07) is 16.1. The number of pyridine rings is 1. The first kappa shape index (κ1) is 17.9. The predicted molar refractivity (Wildman–Crippen MR) is 115 cm³/mol. The molecule has 0 bridgehead atoms. The number of thioether (sulfide) groups is 1. The number of amides is 1. The zero-order valence-corrected chi connectivity index (χ0v) is 16.9. The molecule has 2 aromatic carbocycles. The van der Waals surface area contributed by atoms with Crippen molar-refractivity contribution < 1.29 is 4.79 Å². The zero-order valence-electron chi connectivity index (χ0n) is 15.3. The number of aromatic nitrogens is 2. The van der Waals surface area contributed by atoms with Crippen LogP contribution in [0, 0.1) is 13.8 Å². The first-order valence-electron chi connectivity index (χ1n) is 8.71. The van der Waals surface area contributed by atoms with E-state index in [1.807, 2.05) is 43.3 Å². The van der Waals surface area contributed by atoms with E-state index in [2.05, 4.69) is 36.3 Å². The molecule has 4 rings (SSSR count). The lowest BCUT2D eigenvalue weighted by Gasteiger charge is -2.12. The second-order valence-corrected chi connectivity index (χ2v) is 8.88. The zero-order chi connectivity index (χ0) is 19.0. The van der Waals surface area contributed by atoms with Gasteiger partial charge in [0.25, 0.3) is 0 Å². The number of fused-ring (bicyclic) bond motifs is 2. The van der Waals surface area contributed by atoms with Crippen molar-refractivity contribution in [3.8, 4) is 0 Å². The minimum Gasteiger partial charge on any atom is -0.301 e. The summed E-state index contributed by atoms with van der Waals surface area (Å²) in [7, 11) is 0. The van der Waals surface area contributed by atoms with Crippen LogP contribution in [0.1, 0.15) is 18.1 Å². The van der Waals surface area contributed by atoms with Crippen LogP contribution in [0.2, 0.25) is 0 Å². The first-order chi connectivity index (χ1) is 13.0. The standard InChI is InChI=1S/C21H19N3OS2/c1-12-7-6-8-15-13(2)11-18(23-19(12)15)26-14(3)20(25)24-21-22-16-9-4-5-10-17(16)27-21/h4-11,14H,1-3H3,(H,22,24,25). The van der Waals surface area contributed by atoms with E-state index in [1.54, 1.807) is 0 Å². The van der Waals surface area contributed by atoms with E-state index >= 15 is 0 Å². The molecule has 2 aromatic heterocycles. The lowest BCUT2D eigenvalue weighted by Crippen LogP contribution is -2.22. The van der Waals surface area contributed by atoms with Crippen molar-refractivity contribution in [2.75, 3.05) is 5.32 Å². The van der Waals surface area contributed by atoms with Gasteiger partial charge in [-0.05, 0) is 50.1 Å². The van der Waals surface area contributed by atoms with Gasteiger partial charge in [0.05, 0.1) is 26.0 Å². The molecule has 0 fully saturated rings. The van der Waals surface area contributed by atoms with Gasteiger partial charge in [-0.1, -0.05) is 53.4 Å². The van der Waals surface area contributed by atoms with Crippen molar-refractivity contribution in [2.24, 2.45) is 0 Å². The third-order valence-electron chi connectivity index (χ3n) is 4.42. The molecule has 2 heterocycles. The Balaban J connectivity index is 1.52. The molecule has 0 aliphatic heterocycles. The SMILES string of the molecule is Cc1cc(SC(C)C(=O)Nc2nc3ccccc3s2)nc2c(C)cccc12. The summed E-state index contributed by atoms with van der Waals surface area (Å²) < 4.78 is 1.07. The fraction of sp³-hybridized carbons (Fsp3) is 0.190. The van der Waals surface area contributed by atoms with Gasteiger partial charge >= 0.3 is 0 Å². The number of anilines is 1. The third kappa shape index (κ3) is 3.68. The maximum atomic E-state index is 12.6. The molecule has 27 heavy (non-hydrogen) atoms. The van der Waals surface area contributed by atoms with Gasteiger partial charge in [-0.25, -0.2) is 9.97 Å². The molecule has 0 aliphatic rings. The maximum absolute atomic E-state index is 12.6. The molecule has 0 spiro atoms. The molecule has 0 saturated carbocycles. The first-order valence-corrected chi connectivity index (χ1v) is 10.4. The van der Waals surface area contributed by atoms with E-state index in [4.69, 9.17) is 4.98 Å². The number of nitrogens with one attached hydrogen (secondary N) is 1. The van der Waals surface area contributed by atoms with E-state index in [9.17, 15) is 4.79 Å². The summed E-state index contributed by atoms with van der Waals surface area (Å²) >= 11 is 2.96. The summed E-state index contributed by atoms with van der Waals surface area (Å²) in [6.07, 6.45) is 0. The van der Waals surface area contributed by atoms with Gasteiger partial charge in [0.2, 0.25) is 5.91 Å². The Labute approximate surface area is 166 Å². The molecule has 0 saturated heterocycles. The van der Waals surface area contributed by atoms with Crippen molar-refractivity contribution >= 4 is 55.3 Å². The maximum Gasteiger partial charge on any atom is 0.239 e. The summed E-state index contributed by atoms with van der Waals surface area (Å²) in [5, 5.41) is 5.31. The normalized spacial score (nSPS) is 12.4. The molecule has 4 nitrogen and oxygen atoms in total. The molecule has 0 aliphatic carbocycles. The summed E-state index contributed by atoms with van der Waals surface area (Å²) in [4.78, 5) is 21.9. The Morgan fingerprint density at radius 2 is 1.89 bits per heavy atom. The lowest BCUT2D eigenvalue weighted by molar-refractivity contribution is -0.115. The summed E-state index contributed by atoms with van der Waals surface area (Å²) in [6.45, 7) is 6.04. The Kier molecular flexibility index (Phi) is 4.85. The number of carbonyl (C=O) groups excluding carboxylic acids is 1. The molecule has 1 amide bonds. The van der Waals surface area contributed by atoms with Crippen LogP contribution in [0.15, 0.2) is 53.6 Å². The highest BCUT2D eigenvalue weighted by atomic mass is 32.2. The van der Waals surface area contributed by atoms with Gasteiger partial charge < -0.3 is 5.32 Å². The Hall–Kier alpha value is -2.44. The van der Waals surface area contributed by atoms with Gasteiger partial charge in [-0.15, -0.1) is 0 Å². The summed E-state index contributed by atoms with van der Waals surface area (Å²) in [5.74, 6) is -0.0663. The van der Waals surface area contributed by atoms with Gasteiger partial charge in [0.15, 0.2) is 5.13 Å². The highest BCUT2D eigenvalue weighted by molar-refractivity contribution is 8.00. The fourth-order valence-electron chi connectivity index (χ4n) is 2.96. The molecular weight excluding hydrogens is 374 g/mol. The second kappa shape index (κ2) is 7.29. The number of hydrogen-bond acceptors (Lipinski definition) is 5. The highest BCUT2D eigenvalue weighted by Crippen LogP contribution is 2.30. The number of hydrogen-bond donors (Lipinski definition) is 1. The summed E-state index contributed by atoms with van der Waals surface area (Å²) in [5.41, 5.74) is 4.22. The number of thiazole rings is 1. The monoisotopic (exact) mass is 393 g/mol. The molecular formula is C21H19N3OS2.